The van der Waals surface area contributed by atoms with Gasteiger partial charge in [-0.15, -0.1) is 6.58 Å². The molecule has 0 aliphatic carbocycles. The first-order valence-electron chi connectivity index (χ1n) is 5.61. The molecule has 0 saturated heterocycles. The van der Waals surface area contributed by atoms with E-state index in [4.69, 9.17) is 0 Å². The van der Waals surface area contributed by atoms with Crippen molar-refractivity contribution in [3.05, 3.63) is 12.2 Å². The highest BCUT2D eigenvalue weighted by atomic mass is 32.2. The van der Waals surface area contributed by atoms with Crippen molar-refractivity contribution >= 4 is 11.8 Å². The molecular weight excluding hydrogens is 188 g/mol. The van der Waals surface area contributed by atoms with Crippen molar-refractivity contribution < 1.29 is 0 Å². The Morgan fingerprint density at radius 2 is 1.93 bits per heavy atom. The Kier molecular flexibility index (Phi) is 6.59. The van der Waals surface area contributed by atoms with Gasteiger partial charge >= 0.3 is 0 Å². The van der Waals surface area contributed by atoms with Gasteiger partial charge in [-0.05, 0) is 30.9 Å². The van der Waals surface area contributed by atoms with Crippen molar-refractivity contribution in [3.8, 4) is 0 Å². The number of hydrogen-bond donors (Lipinski definition) is 0. The summed E-state index contributed by atoms with van der Waals surface area (Å²) in [5, 5.41) is 0.789. The molecule has 1 unspecified atom stereocenters. The molecule has 0 aliphatic heterocycles. The highest BCUT2D eigenvalue weighted by Crippen LogP contribution is 2.29. The van der Waals surface area contributed by atoms with Crippen LogP contribution < -0.4 is 0 Å². The quantitative estimate of drug-likeness (QED) is 0.567. The molecule has 84 valence electrons. The summed E-state index contributed by atoms with van der Waals surface area (Å²) in [7, 11) is 0. The normalized spacial score (nSPS) is 14.1. The number of thioether (sulfide) groups is 1. The van der Waals surface area contributed by atoms with Gasteiger partial charge in [-0.25, -0.2) is 0 Å². The topological polar surface area (TPSA) is 0 Å². The molecule has 0 bridgehead atoms. The molecule has 0 spiro atoms. The van der Waals surface area contributed by atoms with Crippen LogP contribution in [0.15, 0.2) is 12.2 Å². The molecule has 0 N–H and O–H groups in total. The minimum absolute atomic E-state index is 0.450. The maximum absolute atomic E-state index is 4.01. The standard InChI is InChI=1S/C13H26S/c1-7-8-12(9-11(2)3)14-10-13(4,5)6/h12H,2,7-10H2,1,3-6H3. The Hall–Kier alpha value is 0.0900. The SMILES string of the molecule is C=C(C)CC(CCC)SCC(C)(C)C. The second-order valence-electron chi connectivity index (χ2n) is 5.44. The molecule has 0 fully saturated rings. The first kappa shape index (κ1) is 14.1. The molecule has 0 aromatic rings. The Bertz CT molecular complexity index is 165. The van der Waals surface area contributed by atoms with E-state index in [2.05, 4.69) is 53.0 Å². The van der Waals surface area contributed by atoms with E-state index in [0.29, 0.717) is 5.41 Å². The van der Waals surface area contributed by atoms with Gasteiger partial charge in [0.25, 0.3) is 0 Å². The van der Waals surface area contributed by atoms with Crippen molar-refractivity contribution in [1.29, 1.82) is 0 Å². The molecule has 0 amide bonds. The lowest BCUT2D eigenvalue weighted by molar-refractivity contribution is 0.479. The van der Waals surface area contributed by atoms with Crippen LogP contribution in [0.3, 0.4) is 0 Å². The Labute approximate surface area is 94.6 Å². The number of hydrogen-bond acceptors (Lipinski definition) is 1. The van der Waals surface area contributed by atoms with Crippen molar-refractivity contribution in [2.24, 2.45) is 5.41 Å². The summed E-state index contributed by atoms with van der Waals surface area (Å²) in [6.07, 6.45) is 3.80. The Morgan fingerprint density at radius 1 is 1.36 bits per heavy atom. The van der Waals surface area contributed by atoms with E-state index in [9.17, 15) is 0 Å². The highest BCUT2D eigenvalue weighted by molar-refractivity contribution is 7.99. The monoisotopic (exact) mass is 214 g/mol. The minimum atomic E-state index is 0.450. The second kappa shape index (κ2) is 6.55. The van der Waals surface area contributed by atoms with Crippen LogP contribution in [0.4, 0.5) is 0 Å². The molecule has 0 rings (SSSR count). The molecule has 14 heavy (non-hydrogen) atoms. The first-order valence-corrected chi connectivity index (χ1v) is 6.66. The van der Waals surface area contributed by atoms with Crippen molar-refractivity contribution in [1.82, 2.24) is 0 Å². The first-order chi connectivity index (χ1) is 6.35. The number of allylic oxidation sites excluding steroid dienone is 1. The molecule has 0 heterocycles. The average molecular weight is 214 g/mol. The summed E-state index contributed by atoms with van der Waals surface area (Å²) >= 11 is 2.12. The van der Waals surface area contributed by atoms with E-state index >= 15 is 0 Å². The summed E-state index contributed by atoms with van der Waals surface area (Å²) in [5.74, 6) is 1.25. The second-order valence-corrected chi connectivity index (χ2v) is 6.73. The van der Waals surface area contributed by atoms with Crippen LogP contribution in [-0.2, 0) is 0 Å². The molecule has 0 aromatic carbocycles. The lowest BCUT2D eigenvalue weighted by atomic mass is 10.0. The summed E-state index contributed by atoms with van der Waals surface area (Å²) in [6.45, 7) is 15.3. The maximum atomic E-state index is 4.01. The van der Waals surface area contributed by atoms with Crippen LogP contribution in [0.1, 0.15) is 53.9 Å². The molecule has 0 aliphatic rings. The fraction of sp³-hybridized carbons (Fsp3) is 0.846. The molecule has 0 nitrogen and oxygen atoms in total. The van der Waals surface area contributed by atoms with Crippen molar-refractivity contribution in [3.63, 3.8) is 0 Å². The molecule has 1 atom stereocenters. The third-order valence-corrected chi connectivity index (χ3v) is 3.85. The van der Waals surface area contributed by atoms with Gasteiger partial charge in [0.05, 0.1) is 0 Å². The molecular formula is C13H26S. The average Bonchev–Trinajstić information content (AvgIpc) is 1.98. The largest absolute Gasteiger partial charge is 0.158 e. The molecule has 0 saturated carbocycles. The van der Waals surface area contributed by atoms with E-state index in [-0.39, 0.29) is 0 Å². The van der Waals surface area contributed by atoms with Crippen LogP contribution in [-0.4, -0.2) is 11.0 Å². The minimum Gasteiger partial charge on any atom is -0.158 e. The fourth-order valence-corrected chi connectivity index (χ4v) is 2.86. The van der Waals surface area contributed by atoms with Gasteiger partial charge in [-0.3, -0.25) is 0 Å². The van der Waals surface area contributed by atoms with Gasteiger partial charge in [0.2, 0.25) is 0 Å². The van der Waals surface area contributed by atoms with Gasteiger partial charge in [-0.1, -0.05) is 39.7 Å². The lowest BCUT2D eigenvalue weighted by Crippen LogP contribution is -2.13. The third-order valence-electron chi connectivity index (χ3n) is 1.94. The smallest absolute Gasteiger partial charge is 0.00841 e. The predicted octanol–water partition coefficient (Wildman–Crippen LogP) is 4.90. The van der Waals surface area contributed by atoms with Crippen molar-refractivity contribution in [2.75, 3.05) is 5.75 Å². The summed E-state index contributed by atoms with van der Waals surface area (Å²) in [6, 6.07) is 0. The van der Waals surface area contributed by atoms with E-state index in [0.717, 1.165) is 5.25 Å². The lowest BCUT2D eigenvalue weighted by Gasteiger charge is -2.22. The van der Waals surface area contributed by atoms with Crippen LogP contribution in [0.25, 0.3) is 0 Å². The van der Waals surface area contributed by atoms with Gasteiger partial charge in [0.15, 0.2) is 0 Å². The number of rotatable bonds is 6. The Balaban J connectivity index is 3.90. The highest BCUT2D eigenvalue weighted by Gasteiger charge is 2.15. The summed E-state index contributed by atoms with van der Waals surface area (Å²) in [4.78, 5) is 0. The van der Waals surface area contributed by atoms with Crippen LogP contribution in [0.5, 0.6) is 0 Å². The van der Waals surface area contributed by atoms with E-state index in [1.165, 1.54) is 30.6 Å². The zero-order valence-corrected chi connectivity index (χ0v) is 11.3. The van der Waals surface area contributed by atoms with Gasteiger partial charge in [0, 0.05) is 5.25 Å². The van der Waals surface area contributed by atoms with Crippen molar-refractivity contribution in [2.45, 2.75) is 59.1 Å². The fourth-order valence-electron chi connectivity index (χ4n) is 1.32. The van der Waals surface area contributed by atoms with E-state index in [1.807, 2.05) is 0 Å². The van der Waals surface area contributed by atoms with Gasteiger partial charge < -0.3 is 0 Å². The zero-order valence-electron chi connectivity index (χ0n) is 10.5. The molecule has 0 radical (unpaired) electrons. The van der Waals surface area contributed by atoms with E-state index < -0.39 is 0 Å². The van der Waals surface area contributed by atoms with Crippen LogP contribution in [0, 0.1) is 5.41 Å². The van der Waals surface area contributed by atoms with Gasteiger partial charge in [-0.2, -0.15) is 11.8 Å². The Morgan fingerprint density at radius 3 is 2.29 bits per heavy atom. The maximum Gasteiger partial charge on any atom is 0.00841 e. The molecule has 1 heteroatoms. The summed E-state index contributed by atoms with van der Waals surface area (Å²) in [5.41, 5.74) is 1.77. The van der Waals surface area contributed by atoms with Crippen LogP contribution in [0.2, 0.25) is 0 Å². The van der Waals surface area contributed by atoms with Gasteiger partial charge in [0.1, 0.15) is 0 Å². The van der Waals surface area contributed by atoms with Crippen LogP contribution >= 0.6 is 11.8 Å². The van der Waals surface area contributed by atoms with E-state index in [1.54, 1.807) is 0 Å². The zero-order chi connectivity index (χ0) is 11.2. The third kappa shape index (κ3) is 8.68. The summed E-state index contributed by atoms with van der Waals surface area (Å²) < 4.78 is 0. The predicted molar refractivity (Wildman–Crippen MR) is 70.0 cm³/mol. The molecule has 0 aromatic heterocycles.